The van der Waals surface area contributed by atoms with Gasteiger partial charge in [0.05, 0.1) is 5.56 Å². The maximum atomic E-state index is 12.5. The van der Waals surface area contributed by atoms with Gasteiger partial charge in [-0.15, -0.1) is 0 Å². The van der Waals surface area contributed by atoms with Gasteiger partial charge in [0, 0.05) is 18.8 Å². The average molecular weight is 261 g/mol. The molecule has 1 aromatic rings. The van der Waals surface area contributed by atoms with Gasteiger partial charge in [-0.2, -0.15) is 0 Å². The molecule has 19 heavy (non-hydrogen) atoms. The number of nitrogens with two attached hydrogens (primary N) is 1. The van der Waals surface area contributed by atoms with Crippen LogP contribution < -0.4 is 5.73 Å². The first-order valence-electron chi connectivity index (χ1n) is 6.81. The van der Waals surface area contributed by atoms with Crippen LogP contribution in [0.1, 0.15) is 28.8 Å². The van der Waals surface area contributed by atoms with Crippen molar-refractivity contribution in [2.24, 2.45) is 0 Å². The summed E-state index contributed by atoms with van der Waals surface area (Å²) in [6.07, 6.45) is 2.06. The number of carbonyl (C=O) groups is 1. The van der Waals surface area contributed by atoms with Crippen molar-refractivity contribution >= 4 is 11.6 Å². The lowest BCUT2D eigenvalue weighted by molar-refractivity contribution is 0.0660. The highest BCUT2D eigenvalue weighted by Crippen LogP contribution is 2.21. The second-order valence-electron chi connectivity index (χ2n) is 5.49. The van der Waals surface area contributed by atoms with E-state index in [0.717, 1.165) is 31.5 Å². The average Bonchev–Trinajstić information content (AvgIpc) is 2.41. The molecule has 1 fully saturated rings. The summed E-state index contributed by atoms with van der Waals surface area (Å²) in [5, 5.41) is 0. The Morgan fingerprint density at radius 3 is 2.63 bits per heavy atom. The van der Waals surface area contributed by atoms with E-state index in [2.05, 4.69) is 11.9 Å². The molecular weight excluding hydrogens is 238 g/mol. The van der Waals surface area contributed by atoms with E-state index in [-0.39, 0.29) is 5.91 Å². The Morgan fingerprint density at radius 1 is 1.37 bits per heavy atom. The van der Waals surface area contributed by atoms with Crippen molar-refractivity contribution in [1.82, 2.24) is 9.80 Å². The van der Waals surface area contributed by atoms with E-state index < -0.39 is 0 Å². The molecule has 0 atom stereocenters. The minimum absolute atomic E-state index is 0.0377. The molecule has 2 rings (SSSR count). The highest BCUT2D eigenvalue weighted by Gasteiger charge is 2.25. The zero-order valence-electron chi connectivity index (χ0n) is 12.0. The normalized spacial score (nSPS) is 17.4. The number of nitrogens with zero attached hydrogens (tertiary/aromatic N) is 2. The Balaban J connectivity index is 2.13. The third kappa shape index (κ3) is 2.89. The molecule has 0 radical (unpaired) electrons. The Bertz CT molecular complexity index is 464. The molecule has 4 nitrogen and oxygen atoms in total. The van der Waals surface area contributed by atoms with Crippen LogP contribution in [0.2, 0.25) is 0 Å². The van der Waals surface area contributed by atoms with Crippen LogP contribution in [0.15, 0.2) is 18.2 Å². The Morgan fingerprint density at radius 2 is 2.00 bits per heavy atom. The summed E-state index contributed by atoms with van der Waals surface area (Å²) >= 11 is 0. The molecule has 1 aliphatic rings. The van der Waals surface area contributed by atoms with Crippen LogP contribution in [-0.2, 0) is 0 Å². The van der Waals surface area contributed by atoms with Crippen LogP contribution >= 0.6 is 0 Å². The van der Waals surface area contributed by atoms with Crippen molar-refractivity contribution in [3.63, 3.8) is 0 Å². The largest absolute Gasteiger partial charge is 0.398 e. The monoisotopic (exact) mass is 261 g/mol. The molecule has 0 aromatic heterocycles. The molecule has 1 heterocycles. The predicted molar refractivity (Wildman–Crippen MR) is 78.2 cm³/mol. The third-order valence-electron chi connectivity index (χ3n) is 4.11. The quantitative estimate of drug-likeness (QED) is 0.825. The first-order chi connectivity index (χ1) is 9.00. The van der Waals surface area contributed by atoms with Gasteiger partial charge in [0.25, 0.3) is 5.91 Å². The SMILES string of the molecule is Cc1cccc(C(=O)N(C)C2CCN(C)CC2)c1N. The number of amides is 1. The minimum atomic E-state index is 0.0377. The molecule has 2 N–H and O–H groups in total. The second-order valence-corrected chi connectivity index (χ2v) is 5.49. The van der Waals surface area contributed by atoms with Gasteiger partial charge < -0.3 is 15.5 Å². The number of hydrogen-bond acceptors (Lipinski definition) is 3. The number of benzene rings is 1. The van der Waals surface area contributed by atoms with Gasteiger partial charge in [-0.25, -0.2) is 0 Å². The van der Waals surface area contributed by atoms with Crippen molar-refractivity contribution in [2.75, 3.05) is 32.9 Å². The van der Waals surface area contributed by atoms with Gasteiger partial charge in [-0.1, -0.05) is 12.1 Å². The molecule has 0 unspecified atom stereocenters. The lowest BCUT2D eigenvalue weighted by Crippen LogP contribution is -2.44. The van der Waals surface area contributed by atoms with Crippen molar-refractivity contribution in [1.29, 1.82) is 0 Å². The number of rotatable bonds is 2. The van der Waals surface area contributed by atoms with Crippen LogP contribution in [0, 0.1) is 6.92 Å². The van der Waals surface area contributed by atoms with E-state index in [1.165, 1.54) is 0 Å². The number of hydrogen-bond donors (Lipinski definition) is 1. The minimum Gasteiger partial charge on any atom is -0.398 e. The van der Waals surface area contributed by atoms with Crippen molar-refractivity contribution in [2.45, 2.75) is 25.8 Å². The maximum Gasteiger partial charge on any atom is 0.255 e. The van der Waals surface area contributed by atoms with Crippen molar-refractivity contribution < 1.29 is 4.79 Å². The fourth-order valence-electron chi connectivity index (χ4n) is 2.61. The molecule has 0 spiro atoms. The van der Waals surface area contributed by atoms with Crippen molar-refractivity contribution in [3.05, 3.63) is 29.3 Å². The van der Waals surface area contributed by atoms with E-state index in [1.807, 2.05) is 37.1 Å². The number of carbonyl (C=O) groups excluding carboxylic acids is 1. The molecule has 104 valence electrons. The summed E-state index contributed by atoms with van der Waals surface area (Å²) in [6.45, 7) is 4.03. The fraction of sp³-hybridized carbons (Fsp3) is 0.533. The molecule has 1 amide bonds. The van der Waals surface area contributed by atoms with Gasteiger partial charge in [0.2, 0.25) is 0 Å². The maximum absolute atomic E-state index is 12.5. The Kier molecular flexibility index (Phi) is 4.10. The molecule has 0 saturated carbocycles. The van der Waals surface area contributed by atoms with Gasteiger partial charge in [0.15, 0.2) is 0 Å². The van der Waals surface area contributed by atoms with Gasteiger partial charge in [0.1, 0.15) is 0 Å². The second kappa shape index (κ2) is 5.61. The number of para-hydroxylation sites is 1. The standard InChI is InChI=1S/C15H23N3O/c1-11-5-4-6-13(14(11)16)15(19)18(3)12-7-9-17(2)10-8-12/h4-6,12H,7-10,16H2,1-3H3. The summed E-state index contributed by atoms with van der Waals surface area (Å²) in [7, 11) is 4.01. The molecule has 0 bridgehead atoms. The topological polar surface area (TPSA) is 49.6 Å². The summed E-state index contributed by atoms with van der Waals surface area (Å²) < 4.78 is 0. The third-order valence-corrected chi connectivity index (χ3v) is 4.11. The summed E-state index contributed by atoms with van der Waals surface area (Å²) in [4.78, 5) is 16.7. The van der Waals surface area contributed by atoms with Crippen LogP contribution in [-0.4, -0.2) is 48.9 Å². The van der Waals surface area contributed by atoms with E-state index in [1.54, 1.807) is 0 Å². The fourth-order valence-corrected chi connectivity index (χ4v) is 2.61. The number of likely N-dealkylation sites (tertiary alicyclic amines) is 1. The lowest BCUT2D eigenvalue weighted by atomic mass is 10.0. The van der Waals surface area contributed by atoms with Crippen LogP contribution in [0.25, 0.3) is 0 Å². The lowest BCUT2D eigenvalue weighted by Gasteiger charge is -2.35. The molecule has 1 aliphatic heterocycles. The van der Waals surface area contributed by atoms with Gasteiger partial charge >= 0.3 is 0 Å². The summed E-state index contributed by atoms with van der Waals surface area (Å²) in [5.74, 6) is 0.0377. The van der Waals surface area contributed by atoms with Crippen LogP contribution in [0.4, 0.5) is 5.69 Å². The number of nitrogen functional groups attached to an aromatic ring is 1. The van der Waals surface area contributed by atoms with Crippen LogP contribution in [0.3, 0.4) is 0 Å². The zero-order valence-corrected chi connectivity index (χ0v) is 12.0. The van der Waals surface area contributed by atoms with E-state index in [4.69, 9.17) is 5.73 Å². The predicted octanol–water partition coefficient (Wildman–Crippen LogP) is 1.74. The Labute approximate surface area is 115 Å². The van der Waals surface area contributed by atoms with E-state index in [9.17, 15) is 4.79 Å². The number of aryl methyl sites for hydroxylation is 1. The molecular formula is C15H23N3O. The summed E-state index contributed by atoms with van der Waals surface area (Å²) in [5.41, 5.74) is 8.21. The number of anilines is 1. The first-order valence-corrected chi connectivity index (χ1v) is 6.81. The summed E-state index contributed by atoms with van der Waals surface area (Å²) in [6, 6.07) is 5.96. The molecule has 1 aromatic carbocycles. The molecule has 1 saturated heterocycles. The first kappa shape index (κ1) is 13.9. The molecule has 4 heteroatoms. The number of piperidine rings is 1. The molecule has 0 aliphatic carbocycles. The van der Waals surface area contributed by atoms with Crippen molar-refractivity contribution in [3.8, 4) is 0 Å². The Hall–Kier alpha value is -1.55. The van der Waals surface area contributed by atoms with Gasteiger partial charge in [-0.05, 0) is 51.5 Å². The zero-order chi connectivity index (χ0) is 14.0. The highest BCUT2D eigenvalue weighted by atomic mass is 16.2. The highest BCUT2D eigenvalue weighted by molar-refractivity contribution is 5.99. The van der Waals surface area contributed by atoms with Crippen LogP contribution in [0.5, 0.6) is 0 Å². The van der Waals surface area contributed by atoms with E-state index >= 15 is 0 Å². The van der Waals surface area contributed by atoms with Gasteiger partial charge in [-0.3, -0.25) is 4.79 Å². The smallest absolute Gasteiger partial charge is 0.255 e. The van der Waals surface area contributed by atoms with E-state index in [0.29, 0.717) is 17.3 Å².